The standard InChI is InChI=1S/C13H18FNO2/c1-10-5-6-12(14)11(8-10)9-15(2)7-3-4-13(16)17/h5-6,8H,3-4,7,9H2,1-2H3,(H,16,17). The van der Waals surface area contributed by atoms with Gasteiger partial charge in [0.15, 0.2) is 0 Å². The Morgan fingerprint density at radius 2 is 2.18 bits per heavy atom. The lowest BCUT2D eigenvalue weighted by Gasteiger charge is -2.16. The summed E-state index contributed by atoms with van der Waals surface area (Å²) in [6, 6.07) is 5.03. The van der Waals surface area contributed by atoms with Crippen LogP contribution in [0.1, 0.15) is 24.0 Å². The van der Waals surface area contributed by atoms with Crippen molar-refractivity contribution >= 4 is 5.97 Å². The van der Waals surface area contributed by atoms with Crippen molar-refractivity contribution in [3.63, 3.8) is 0 Å². The molecule has 3 nitrogen and oxygen atoms in total. The molecule has 0 spiro atoms. The zero-order valence-corrected chi connectivity index (χ0v) is 10.2. The molecule has 1 rings (SSSR count). The zero-order valence-electron chi connectivity index (χ0n) is 10.2. The van der Waals surface area contributed by atoms with Crippen LogP contribution in [0.5, 0.6) is 0 Å². The van der Waals surface area contributed by atoms with Gasteiger partial charge < -0.3 is 10.0 Å². The first-order valence-corrected chi connectivity index (χ1v) is 5.64. The van der Waals surface area contributed by atoms with Gasteiger partial charge >= 0.3 is 5.97 Å². The van der Waals surface area contributed by atoms with E-state index in [4.69, 9.17) is 5.11 Å². The fourth-order valence-corrected chi connectivity index (χ4v) is 1.69. The first kappa shape index (κ1) is 13.6. The maximum absolute atomic E-state index is 13.5. The summed E-state index contributed by atoms with van der Waals surface area (Å²) in [4.78, 5) is 12.3. The van der Waals surface area contributed by atoms with E-state index in [-0.39, 0.29) is 12.2 Å². The maximum atomic E-state index is 13.5. The summed E-state index contributed by atoms with van der Waals surface area (Å²) in [5.74, 6) is -0.999. The van der Waals surface area contributed by atoms with Crippen molar-refractivity contribution in [3.8, 4) is 0 Å². The van der Waals surface area contributed by atoms with Gasteiger partial charge in [-0.3, -0.25) is 4.79 Å². The van der Waals surface area contributed by atoms with Gasteiger partial charge in [-0.1, -0.05) is 17.7 Å². The number of nitrogens with zero attached hydrogens (tertiary/aromatic N) is 1. The first-order chi connectivity index (χ1) is 7.99. The van der Waals surface area contributed by atoms with Crippen molar-refractivity contribution < 1.29 is 14.3 Å². The third-order valence-corrected chi connectivity index (χ3v) is 2.57. The van der Waals surface area contributed by atoms with Gasteiger partial charge in [0.1, 0.15) is 5.82 Å². The van der Waals surface area contributed by atoms with Crippen molar-refractivity contribution in [2.45, 2.75) is 26.3 Å². The Bertz CT molecular complexity index is 393. The van der Waals surface area contributed by atoms with E-state index in [1.165, 1.54) is 6.07 Å². The van der Waals surface area contributed by atoms with Crippen LogP contribution >= 0.6 is 0 Å². The monoisotopic (exact) mass is 239 g/mol. The number of benzene rings is 1. The van der Waals surface area contributed by atoms with Crippen LogP contribution in [0.15, 0.2) is 18.2 Å². The highest BCUT2D eigenvalue weighted by Gasteiger charge is 2.06. The highest BCUT2D eigenvalue weighted by Crippen LogP contribution is 2.12. The van der Waals surface area contributed by atoms with Crippen LogP contribution in [0.3, 0.4) is 0 Å². The molecule has 1 aromatic carbocycles. The zero-order chi connectivity index (χ0) is 12.8. The minimum atomic E-state index is -0.792. The van der Waals surface area contributed by atoms with Crippen molar-refractivity contribution in [2.24, 2.45) is 0 Å². The molecule has 0 bridgehead atoms. The molecule has 1 N–H and O–H groups in total. The smallest absolute Gasteiger partial charge is 0.303 e. The molecule has 0 radical (unpaired) electrons. The fraction of sp³-hybridized carbons (Fsp3) is 0.462. The lowest BCUT2D eigenvalue weighted by atomic mass is 10.1. The number of aryl methyl sites for hydroxylation is 1. The molecule has 0 aromatic heterocycles. The molecule has 94 valence electrons. The summed E-state index contributed by atoms with van der Waals surface area (Å²) in [5, 5.41) is 8.52. The van der Waals surface area contributed by atoms with Crippen molar-refractivity contribution in [1.29, 1.82) is 0 Å². The summed E-state index contributed by atoms with van der Waals surface area (Å²) in [5.41, 5.74) is 1.68. The Morgan fingerprint density at radius 3 is 2.82 bits per heavy atom. The summed E-state index contributed by atoms with van der Waals surface area (Å²) in [6.45, 7) is 3.08. The Morgan fingerprint density at radius 1 is 1.47 bits per heavy atom. The molecule has 0 amide bonds. The van der Waals surface area contributed by atoms with Crippen molar-refractivity contribution in [3.05, 3.63) is 35.1 Å². The van der Waals surface area contributed by atoms with Crippen LogP contribution in [-0.4, -0.2) is 29.6 Å². The topological polar surface area (TPSA) is 40.5 Å². The number of carbonyl (C=O) groups is 1. The number of rotatable bonds is 6. The van der Waals surface area contributed by atoms with E-state index >= 15 is 0 Å². The molecular formula is C13H18FNO2. The lowest BCUT2D eigenvalue weighted by Crippen LogP contribution is -2.20. The SMILES string of the molecule is Cc1ccc(F)c(CN(C)CCCC(=O)O)c1. The number of hydrogen-bond acceptors (Lipinski definition) is 2. The fourth-order valence-electron chi connectivity index (χ4n) is 1.69. The molecule has 0 aliphatic carbocycles. The Hall–Kier alpha value is -1.42. The van der Waals surface area contributed by atoms with Crippen LogP contribution in [0.2, 0.25) is 0 Å². The van der Waals surface area contributed by atoms with Crippen LogP contribution < -0.4 is 0 Å². The van der Waals surface area contributed by atoms with E-state index in [0.29, 0.717) is 25.1 Å². The third-order valence-electron chi connectivity index (χ3n) is 2.57. The lowest BCUT2D eigenvalue weighted by molar-refractivity contribution is -0.137. The molecule has 0 fully saturated rings. The molecular weight excluding hydrogens is 221 g/mol. The van der Waals surface area contributed by atoms with E-state index in [9.17, 15) is 9.18 Å². The predicted molar refractivity (Wildman–Crippen MR) is 64.3 cm³/mol. The summed E-state index contributed by atoms with van der Waals surface area (Å²) < 4.78 is 13.5. The van der Waals surface area contributed by atoms with Gasteiger partial charge in [0, 0.05) is 18.5 Å². The highest BCUT2D eigenvalue weighted by molar-refractivity contribution is 5.66. The Labute approximate surface area is 101 Å². The van der Waals surface area contributed by atoms with Crippen LogP contribution in [0.25, 0.3) is 0 Å². The van der Waals surface area contributed by atoms with Crippen molar-refractivity contribution in [2.75, 3.05) is 13.6 Å². The largest absolute Gasteiger partial charge is 0.481 e. The molecule has 0 heterocycles. The second-order valence-corrected chi connectivity index (χ2v) is 4.33. The van der Waals surface area contributed by atoms with E-state index in [1.807, 2.05) is 24.9 Å². The molecule has 0 aliphatic rings. The second-order valence-electron chi connectivity index (χ2n) is 4.33. The van der Waals surface area contributed by atoms with E-state index in [1.54, 1.807) is 6.07 Å². The normalized spacial score (nSPS) is 10.8. The molecule has 4 heteroatoms. The Kier molecular flexibility index (Phi) is 5.10. The van der Waals surface area contributed by atoms with Crippen LogP contribution in [0, 0.1) is 12.7 Å². The quantitative estimate of drug-likeness (QED) is 0.828. The van der Waals surface area contributed by atoms with Gasteiger partial charge in [0.05, 0.1) is 0 Å². The molecule has 0 saturated carbocycles. The number of carboxylic acid groups (broad SMARTS) is 1. The first-order valence-electron chi connectivity index (χ1n) is 5.64. The van der Waals surface area contributed by atoms with Crippen LogP contribution in [-0.2, 0) is 11.3 Å². The van der Waals surface area contributed by atoms with Gasteiger partial charge in [0.2, 0.25) is 0 Å². The van der Waals surface area contributed by atoms with Gasteiger partial charge in [-0.2, -0.15) is 0 Å². The Balaban J connectivity index is 2.47. The second kappa shape index (κ2) is 6.35. The summed E-state index contributed by atoms with van der Waals surface area (Å²) >= 11 is 0. The number of hydrogen-bond donors (Lipinski definition) is 1. The number of aliphatic carboxylic acids is 1. The molecule has 0 unspecified atom stereocenters. The van der Waals surface area contributed by atoms with E-state index < -0.39 is 5.97 Å². The van der Waals surface area contributed by atoms with Crippen LogP contribution in [0.4, 0.5) is 4.39 Å². The molecule has 0 aliphatic heterocycles. The van der Waals surface area contributed by atoms with E-state index in [0.717, 1.165) is 5.56 Å². The average Bonchev–Trinajstić information content (AvgIpc) is 2.23. The molecule has 1 aromatic rings. The minimum Gasteiger partial charge on any atom is -0.481 e. The minimum absolute atomic E-state index is 0.153. The molecule has 17 heavy (non-hydrogen) atoms. The predicted octanol–water partition coefficient (Wildman–Crippen LogP) is 2.43. The van der Waals surface area contributed by atoms with Gasteiger partial charge in [-0.05, 0) is 33.0 Å². The van der Waals surface area contributed by atoms with E-state index in [2.05, 4.69) is 0 Å². The average molecular weight is 239 g/mol. The summed E-state index contributed by atoms with van der Waals surface area (Å²) in [6.07, 6.45) is 0.736. The van der Waals surface area contributed by atoms with Crippen molar-refractivity contribution in [1.82, 2.24) is 4.90 Å². The van der Waals surface area contributed by atoms with Gasteiger partial charge in [-0.25, -0.2) is 4.39 Å². The number of carboxylic acids is 1. The molecule has 0 atom stereocenters. The van der Waals surface area contributed by atoms with Gasteiger partial charge in [0.25, 0.3) is 0 Å². The highest BCUT2D eigenvalue weighted by atomic mass is 19.1. The van der Waals surface area contributed by atoms with Gasteiger partial charge in [-0.15, -0.1) is 0 Å². The number of halogens is 1. The summed E-state index contributed by atoms with van der Waals surface area (Å²) in [7, 11) is 1.86. The maximum Gasteiger partial charge on any atom is 0.303 e. The third kappa shape index (κ3) is 4.95. The molecule has 0 saturated heterocycles.